The lowest BCUT2D eigenvalue weighted by Gasteiger charge is -2.39. The second-order valence-electron chi connectivity index (χ2n) is 9.13. The molecule has 3 atom stereocenters. The van der Waals surface area contributed by atoms with Crippen molar-refractivity contribution in [2.75, 3.05) is 27.4 Å². The summed E-state index contributed by atoms with van der Waals surface area (Å²) in [6, 6.07) is 14.6. The third kappa shape index (κ3) is 4.90. The Kier molecular flexibility index (Phi) is 8.20. The van der Waals surface area contributed by atoms with Gasteiger partial charge in [0.1, 0.15) is 17.4 Å². The minimum atomic E-state index is -1.10. The normalized spacial score (nSPS) is 20.9. The van der Waals surface area contributed by atoms with Gasteiger partial charge in [0.15, 0.2) is 5.78 Å². The molecule has 1 aliphatic carbocycles. The third-order valence-corrected chi connectivity index (χ3v) is 7.03. The number of carbonyl (C=O) groups is 3. The number of benzene rings is 2. The van der Waals surface area contributed by atoms with Crippen LogP contribution in [0.4, 0.5) is 0 Å². The molecule has 8 heteroatoms. The molecule has 0 aromatic heterocycles. The topological polar surface area (TPSA) is 100 Å². The van der Waals surface area contributed by atoms with E-state index in [0.717, 1.165) is 5.56 Å². The maximum absolute atomic E-state index is 14.4. The molecule has 2 aliphatic rings. The number of allylic oxidation sites excluding steroid dienone is 3. The largest absolute Gasteiger partial charge is 0.497 e. The van der Waals surface area contributed by atoms with Crippen LogP contribution in [0.25, 0.3) is 0 Å². The quantitative estimate of drug-likeness (QED) is 0.404. The first-order chi connectivity index (χ1) is 18.4. The molecule has 0 bridgehead atoms. The van der Waals surface area contributed by atoms with E-state index in [1.165, 1.54) is 0 Å². The first kappa shape index (κ1) is 27.0. The van der Waals surface area contributed by atoms with Crippen LogP contribution in [0, 0.1) is 5.92 Å². The fourth-order valence-corrected chi connectivity index (χ4v) is 5.42. The minimum Gasteiger partial charge on any atom is -0.497 e. The van der Waals surface area contributed by atoms with E-state index in [1.54, 1.807) is 41.1 Å². The average molecular weight is 520 g/mol. The van der Waals surface area contributed by atoms with Gasteiger partial charge in [-0.05, 0) is 51.0 Å². The number of methoxy groups -OCH3 is 2. The molecule has 0 fully saturated rings. The van der Waals surface area contributed by atoms with Crippen molar-refractivity contribution in [3.63, 3.8) is 0 Å². The molecule has 0 saturated carbocycles. The zero-order chi connectivity index (χ0) is 27.4. The van der Waals surface area contributed by atoms with Crippen LogP contribution in [0.5, 0.6) is 11.5 Å². The summed E-state index contributed by atoms with van der Waals surface area (Å²) in [5, 5.41) is 3.31. The van der Waals surface area contributed by atoms with Gasteiger partial charge in [-0.1, -0.05) is 30.3 Å². The number of nitrogens with one attached hydrogen (secondary N) is 1. The summed E-state index contributed by atoms with van der Waals surface area (Å²) in [5.41, 5.74) is 3.33. The number of para-hydroxylation sites is 1. The van der Waals surface area contributed by atoms with Crippen molar-refractivity contribution in [3.05, 3.63) is 82.2 Å². The van der Waals surface area contributed by atoms with Crippen molar-refractivity contribution in [2.45, 2.75) is 39.0 Å². The Morgan fingerprint density at radius 3 is 2.39 bits per heavy atom. The highest BCUT2D eigenvalue weighted by molar-refractivity contribution is 6.13. The Balaban J connectivity index is 1.93. The van der Waals surface area contributed by atoms with Gasteiger partial charge in [0.25, 0.3) is 0 Å². The van der Waals surface area contributed by atoms with Gasteiger partial charge in [-0.3, -0.25) is 9.59 Å². The van der Waals surface area contributed by atoms with E-state index in [-0.39, 0.29) is 13.2 Å². The Morgan fingerprint density at radius 2 is 1.71 bits per heavy atom. The van der Waals surface area contributed by atoms with Gasteiger partial charge in [-0.25, -0.2) is 4.79 Å². The summed E-state index contributed by atoms with van der Waals surface area (Å²) in [7, 11) is 3.11. The summed E-state index contributed by atoms with van der Waals surface area (Å²) >= 11 is 0. The molecule has 200 valence electrons. The van der Waals surface area contributed by atoms with E-state index in [0.29, 0.717) is 46.0 Å². The van der Waals surface area contributed by atoms with Crippen LogP contribution in [0.3, 0.4) is 0 Å². The monoisotopic (exact) mass is 519 g/mol. The van der Waals surface area contributed by atoms with Gasteiger partial charge in [-0.15, -0.1) is 0 Å². The maximum Gasteiger partial charge on any atom is 0.336 e. The highest BCUT2D eigenvalue weighted by Crippen LogP contribution is 2.49. The Labute approximate surface area is 222 Å². The number of hydrogen-bond donors (Lipinski definition) is 1. The van der Waals surface area contributed by atoms with Gasteiger partial charge in [-0.2, -0.15) is 0 Å². The third-order valence-electron chi connectivity index (χ3n) is 7.03. The molecule has 0 unspecified atom stereocenters. The zero-order valence-corrected chi connectivity index (χ0v) is 22.3. The van der Waals surface area contributed by atoms with Crippen LogP contribution < -0.4 is 14.8 Å². The second-order valence-corrected chi connectivity index (χ2v) is 9.13. The van der Waals surface area contributed by atoms with E-state index in [1.807, 2.05) is 42.5 Å². The van der Waals surface area contributed by atoms with E-state index in [2.05, 4.69) is 5.32 Å². The molecule has 2 aromatic carbocycles. The van der Waals surface area contributed by atoms with Gasteiger partial charge < -0.3 is 24.3 Å². The first-order valence-corrected chi connectivity index (χ1v) is 12.7. The van der Waals surface area contributed by atoms with Crippen molar-refractivity contribution < 1.29 is 33.3 Å². The SMILES string of the molecule is CCOC(=O)C1=C(C)NC2=C(C(=O)[C@H](C(=O)OCC)[C@H](c3cccc(OC)c3)C2)[C@H]1c1ccccc1OC. The summed E-state index contributed by atoms with van der Waals surface area (Å²) in [4.78, 5) is 41.0. The van der Waals surface area contributed by atoms with E-state index < -0.39 is 35.5 Å². The average Bonchev–Trinajstić information content (AvgIpc) is 2.92. The molecule has 4 rings (SSSR count). The first-order valence-electron chi connectivity index (χ1n) is 12.7. The van der Waals surface area contributed by atoms with Crippen molar-refractivity contribution in [1.29, 1.82) is 0 Å². The van der Waals surface area contributed by atoms with Crippen molar-refractivity contribution >= 4 is 17.7 Å². The molecule has 2 aromatic rings. The van der Waals surface area contributed by atoms with Gasteiger partial charge in [0.2, 0.25) is 0 Å². The van der Waals surface area contributed by atoms with Crippen LogP contribution in [0.2, 0.25) is 0 Å². The summed E-state index contributed by atoms with van der Waals surface area (Å²) in [5.74, 6) is -2.74. The van der Waals surface area contributed by atoms with E-state index in [9.17, 15) is 14.4 Å². The summed E-state index contributed by atoms with van der Waals surface area (Å²) in [6.45, 7) is 5.55. The van der Waals surface area contributed by atoms with Crippen LogP contribution >= 0.6 is 0 Å². The number of ether oxygens (including phenoxy) is 4. The van der Waals surface area contributed by atoms with E-state index in [4.69, 9.17) is 18.9 Å². The molecule has 1 aliphatic heterocycles. The fraction of sp³-hybridized carbons (Fsp3) is 0.367. The molecule has 1 heterocycles. The molecule has 8 nitrogen and oxygen atoms in total. The van der Waals surface area contributed by atoms with E-state index >= 15 is 0 Å². The molecular formula is C30H33NO7. The molecule has 0 saturated heterocycles. The maximum atomic E-state index is 14.4. The van der Waals surface area contributed by atoms with Crippen LogP contribution in [-0.4, -0.2) is 45.2 Å². The smallest absolute Gasteiger partial charge is 0.336 e. The number of hydrogen-bond acceptors (Lipinski definition) is 8. The van der Waals surface area contributed by atoms with Crippen LogP contribution in [0.1, 0.15) is 50.2 Å². The summed E-state index contributed by atoms with van der Waals surface area (Å²) < 4.78 is 21.8. The van der Waals surface area contributed by atoms with Gasteiger partial charge in [0.05, 0.1) is 38.9 Å². The number of rotatable bonds is 8. The Hall–Kier alpha value is -4.07. The Bertz CT molecular complexity index is 1310. The standard InChI is InChI=1S/C30H33NO7/c1-6-37-29(33)24-17(3)31-22-16-21(18-11-10-12-19(15-18)35-4)26(30(34)38-7-2)28(32)27(22)25(24)20-13-8-9-14-23(20)36-5/h8-15,21,25-26,31H,6-7,16H2,1-5H3/t21-,25-,26+/m0/s1. The lowest BCUT2D eigenvalue weighted by atomic mass is 9.67. The molecular weight excluding hydrogens is 486 g/mol. The zero-order valence-electron chi connectivity index (χ0n) is 22.3. The minimum absolute atomic E-state index is 0.140. The van der Waals surface area contributed by atoms with Gasteiger partial charge in [0, 0.05) is 28.4 Å². The number of ketones is 1. The highest BCUT2D eigenvalue weighted by Gasteiger charge is 2.49. The predicted octanol–water partition coefficient (Wildman–Crippen LogP) is 4.42. The molecule has 38 heavy (non-hydrogen) atoms. The number of esters is 2. The van der Waals surface area contributed by atoms with Crippen LogP contribution in [-0.2, 0) is 23.9 Å². The fourth-order valence-electron chi connectivity index (χ4n) is 5.42. The number of dihydropyridines is 1. The van der Waals surface area contributed by atoms with Crippen molar-refractivity contribution in [1.82, 2.24) is 5.32 Å². The van der Waals surface area contributed by atoms with Crippen molar-refractivity contribution in [2.24, 2.45) is 5.92 Å². The molecule has 0 amide bonds. The second kappa shape index (κ2) is 11.5. The summed E-state index contributed by atoms with van der Waals surface area (Å²) in [6.07, 6.45) is 0.358. The lowest BCUT2D eigenvalue weighted by molar-refractivity contribution is -0.152. The van der Waals surface area contributed by atoms with Crippen LogP contribution in [0.15, 0.2) is 71.1 Å². The Morgan fingerprint density at radius 1 is 0.974 bits per heavy atom. The molecule has 0 radical (unpaired) electrons. The molecule has 1 N–H and O–H groups in total. The molecule has 0 spiro atoms. The van der Waals surface area contributed by atoms with Crippen molar-refractivity contribution in [3.8, 4) is 11.5 Å². The number of carbonyl (C=O) groups excluding carboxylic acids is 3. The highest BCUT2D eigenvalue weighted by atomic mass is 16.5. The number of Topliss-reactive ketones (excluding diaryl/α,β-unsaturated/α-hetero) is 1. The van der Waals surface area contributed by atoms with Gasteiger partial charge >= 0.3 is 11.9 Å². The lowest BCUT2D eigenvalue weighted by Crippen LogP contribution is -2.43. The predicted molar refractivity (Wildman–Crippen MR) is 141 cm³/mol.